The molecule has 0 bridgehead atoms. The van der Waals surface area contributed by atoms with Crippen LogP contribution >= 0.6 is 0 Å². The van der Waals surface area contributed by atoms with Crippen molar-refractivity contribution in [2.75, 3.05) is 0 Å². The van der Waals surface area contributed by atoms with Crippen LogP contribution in [0.2, 0.25) is 5.82 Å². The highest BCUT2D eigenvalue weighted by Crippen LogP contribution is 2.25. The Kier molecular flexibility index (Phi) is 7.84. The lowest BCUT2D eigenvalue weighted by Gasteiger charge is -2.20. The van der Waals surface area contributed by atoms with Crippen molar-refractivity contribution in [3.63, 3.8) is 0 Å². The Morgan fingerprint density at radius 2 is 1.26 bits per heavy atom. The van der Waals surface area contributed by atoms with Crippen molar-refractivity contribution in [2.45, 2.75) is 109 Å². The summed E-state index contributed by atoms with van der Waals surface area (Å²) in [5.41, 5.74) is 1.87. The zero-order valence-electron chi connectivity index (χ0n) is 17.3. The normalized spacial score (nSPS) is 20.8. The third kappa shape index (κ3) is 5.39. The highest BCUT2D eigenvalue weighted by Gasteiger charge is 2.21. The summed E-state index contributed by atoms with van der Waals surface area (Å²) in [7, 11) is 2.50. The minimum atomic E-state index is -0.0879. The fraction of sp³-hybridized carbons (Fsp3) is 0.818. The highest BCUT2D eigenvalue weighted by molar-refractivity contribution is 6.35. The van der Waals surface area contributed by atoms with Crippen LogP contribution < -0.4 is 11.2 Å². The zero-order valence-corrected chi connectivity index (χ0v) is 17.3. The van der Waals surface area contributed by atoms with Gasteiger partial charge in [-0.2, -0.15) is 0 Å². The maximum Gasteiger partial charge on any atom is 0.318 e. The molecular weight excluding hydrogens is 335 g/mol. The van der Waals surface area contributed by atoms with Gasteiger partial charge in [0.05, 0.1) is 0 Å². The van der Waals surface area contributed by atoms with Gasteiger partial charge in [-0.1, -0.05) is 77.0 Å². The van der Waals surface area contributed by atoms with E-state index >= 15 is 0 Å². The summed E-state index contributed by atoms with van der Waals surface area (Å²) in [6, 6.07) is 0. The number of fused-ring (bicyclic) bond motifs is 1. The van der Waals surface area contributed by atoms with Crippen molar-refractivity contribution in [2.24, 2.45) is 7.05 Å². The number of nitrogens with zero attached hydrogens (tertiary/aromatic N) is 2. The van der Waals surface area contributed by atoms with Gasteiger partial charge in [0.15, 0.2) is 0 Å². The summed E-state index contributed by atoms with van der Waals surface area (Å²) < 4.78 is 3.38. The van der Waals surface area contributed by atoms with Crippen molar-refractivity contribution in [3.05, 3.63) is 32.1 Å². The van der Waals surface area contributed by atoms with E-state index in [9.17, 15) is 9.59 Å². The first-order valence-corrected chi connectivity index (χ1v) is 11.5. The standard InChI is InChI=1S/C22H37BN2O2/c1-24-20-17-13-9-5-8-12-16-19(20)21(26)25(22(24)27)23-18-14-10-6-3-2-4-7-11-15-18/h18,23H,2-17H2,1H3. The van der Waals surface area contributed by atoms with Crippen LogP contribution in [0.25, 0.3) is 0 Å². The smallest absolute Gasteiger partial charge is 0.311 e. The van der Waals surface area contributed by atoms with E-state index in [1.807, 2.05) is 7.05 Å². The maximum atomic E-state index is 13.3. The van der Waals surface area contributed by atoms with Crippen molar-refractivity contribution < 1.29 is 0 Å². The molecule has 0 aliphatic heterocycles. The van der Waals surface area contributed by atoms with E-state index in [4.69, 9.17) is 0 Å². The molecule has 0 saturated heterocycles. The molecule has 1 aromatic heterocycles. The first-order chi connectivity index (χ1) is 13.2. The zero-order chi connectivity index (χ0) is 19.1. The Labute approximate surface area is 164 Å². The Hall–Kier alpha value is -1.26. The van der Waals surface area contributed by atoms with Gasteiger partial charge in [-0.05, 0) is 31.5 Å². The average molecular weight is 372 g/mol. The van der Waals surface area contributed by atoms with Gasteiger partial charge in [-0.25, -0.2) is 4.79 Å². The second-order valence-corrected chi connectivity index (χ2v) is 8.87. The third-order valence-electron chi connectivity index (χ3n) is 6.78. The van der Waals surface area contributed by atoms with Crippen molar-refractivity contribution in [1.29, 1.82) is 0 Å². The van der Waals surface area contributed by atoms with Gasteiger partial charge >= 0.3 is 5.69 Å². The molecule has 1 aromatic rings. The van der Waals surface area contributed by atoms with Gasteiger partial charge in [-0.3, -0.25) is 4.79 Å². The fourth-order valence-electron chi connectivity index (χ4n) is 5.06. The summed E-state index contributed by atoms with van der Waals surface area (Å²) in [5.74, 6) is 0.475. The molecule has 0 N–H and O–H groups in total. The minimum Gasteiger partial charge on any atom is -0.311 e. The molecule has 4 nitrogen and oxygen atoms in total. The van der Waals surface area contributed by atoms with E-state index in [0.717, 1.165) is 49.8 Å². The van der Waals surface area contributed by atoms with Gasteiger partial charge in [0, 0.05) is 18.3 Å². The van der Waals surface area contributed by atoms with Crippen molar-refractivity contribution in [3.8, 4) is 0 Å². The SMILES string of the molecule is Cn1c2c(c(=O)n(BC3CCCCCCCCC3)c1=O)CCCCCCC2. The Morgan fingerprint density at radius 3 is 1.89 bits per heavy atom. The van der Waals surface area contributed by atoms with E-state index in [-0.39, 0.29) is 11.2 Å². The Balaban J connectivity index is 1.86. The number of rotatable bonds is 2. The van der Waals surface area contributed by atoms with Crippen LogP contribution in [0.15, 0.2) is 9.59 Å². The Morgan fingerprint density at radius 1 is 0.741 bits per heavy atom. The fourth-order valence-corrected chi connectivity index (χ4v) is 5.06. The molecule has 0 amide bonds. The average Bonchev–Trinajstić information content (AvgIpc) is 2.80. The first-order valence-electron chi connectivity index (χ1n) is 11.5. The molecule has 0 spiro atoms. The molecule has 27 heavy (non-hydrogen) atoms. The molecule has 0 atom stereocenters. The summed E-state index contributed by atoms with van der Waals surface area (Å²) in [4.78, 5) is 26.3. The summed E-state index contributed by atoms with van der Waals surface area (Å²) in [5, 5.41) is 0. The lowest BCUT2D eigenvalue weighted by atomic mass is 9.69. The topological polar surface area (TPSA) is 44.0 Å². The van der Waals surface area contributed by atoms with E-state index in [0.29, 0.717) is 13.2 Å². The van der Waals surface area contributed by atoms with E-state index in [1.54, 1.807) is 9.05 Å². The summed E-state index contributed by atoms with van der Waals surface area (Å²) in [6.07, 6.45) is 19.0. The molecule has 150 valence electrons. The number of aromatic nitrogens is 2. The van der Waals surface area contributed by atoms with Gasteiger partial charge < -0.3 is 9.05 Å². The summed E-state index contributed by atoms with van der Waals surface area (Å²) >= 11 is 0. The quantitative estimate of drug-likeness (QED) is 0.734. The van der Waals surface area contributed by atoms with Crippen LogP contribution in [-0.4, -0.2) is 16.5 Å². The molecule has 2 aliphatic rings. The van der Waals surface area contributed by atoms with Gasteiger partial charge in [0.2, 0.25) is 5.56 Å². The van der Waals surface area contributed by atoms with Crippen molar-refractivity contribution in [1.82, 2.24) is 9.05 Å². The maximum absolute atomic E-state index is 13.3. The van der Waals surface area contributed by atoms with Crippen LogP contribution in [0.4, 0.5) is 0 Å². The van der Waals surface area contributed by atoms with Gasteiger partial charge in [0.25, 0.3) is 7.41 Å². The van der Waals surface area contributed by atoms with E-state index < -0.39 is 0 Å². The van der Waals surface area contributed by atoms with Crippen molar-refractivity contribution >= 4 is 7.41 Å². The predicted molar refractivity (Wildman–Crippen MR) is 114 cm³/mol. The molecule has 1 fully saturated rings. The third-order valence-corrected chi connectivity index (χ3v) is 6.78. The van der Waals surface area contributed by atoms with Gasteiger partial charge in [-0.15, -0.1) is 0 Å². The number of hydrogen-bond donors (Lipinski definition) is 0. The molecule has 0 unspecified atom stereocenters. The monoisotopic (exact) mass is 372 g/mol. The Bertz CT molecular complexity index is 712. The molecular formula is C22H37BN2O2. The largest absolute Gasteiger partial charge is 0.318 e. The minimum absolute atomic E-state index is 0.0205. The van der Waals surface area contributed by atoms with E-state index in [2.05, 4.69) is 0 Å². The first kappa shape index (κ1) is 20.5. The van der Waals surface area contributed by atoms with Crippen LogP contribution in [0.3, 0.4) is 0 Å². The van der Waals surface area contributed by atoms with Crippen LogP contribution in [0, 0.1) is 0 Å². The molecule has 2 aliphatic carbocycles. The van der Waals surface area contributed by atoms with Gasteiger partial charge in [0.1, 0.15) is 0 Å². The van der Waals surface area contributed by atoms with Crippen LogP contribution in [0.5, 0.6) is 0 Å². The molecule has 1 saturated carbocycles. The number of hydrogen-bond acceptors (Lipinski definition) is 2. The molecule has 0 radical (unpaired) electrons. The highest BCUT2D eigenvalue weighted by atomic mass is 16.2. The molecule has 1 heterocycles. The second-order valence-electron chi connectivity index (χ2n) is 8.87. The molecule has 0 aromatic carbocycles. The lowest BCUT2D eigenvalue weighted by Crippen LogP contribution is -2.46. The molecule has 3 rings (SSSR count). The predicted octanol–water partition coefficient (Wildman–Crippen LogP) is 4.11. The summed E-state index contributed by atoms with van der Waals surface area (Å²) in [6.45, 7) is 0. The van der Waals surface area contributed by atoms with Crippen LogP contribution in [0.1, 0.15) is 101 Å². The van der Waals surface area contributed by atoms with E-state index in [1.165, 1.54) is 64.2 Å². The lowest BCUT2D eigenvalue weighted by molar-refractivity contribution is 0.499. The second kappa shape index (κ2) is 10.3. The van der Waals surface area contributed by atoms with Crippen LogP contribution in [-0.2, 0) is 19.9 Å². The molecule has 5 heteroatoms.